The average Bonchev–Trinajstić information content (AvgIpc) is 2.53. The van der Waals surface area contributed by atoms with E-state index in [1.54, 1.807) is 0 Å². The molecule has 120 valence electrons. The predicted molar refractivity (Wildman–Crippen MR) is 88.1 cm³/mol. The summed E-state index contributed by atoms with van der Waals surface area (Å²) in [6.07, 6.45) is 0.265. The molecule has 0 bridgehead atoms. The molecular formula is C15H18INO5. The highest BCUT2D eigenvalue weighted by atomic mass is 127. The van der Waals surface area contributed by atoms with E-state index in [2.05, 4.69) is 32.6 Å². The SMILES string of the molecule is COC(=O)CCC(=O)N[C@H](Cc1ccccc1I)C(=O)OC. The molecule has 1 aromatic carbocycles. The summed E-state index contributed by atoms with van der Waals surface area (Å²) in [5.41, 5.74) is 0.937. The van der Waals surface area contributed by atoms with Crippen molar-refractivity contribution in [2.24, 2.45) is 0 Å². The van der Waals surface area contributed by atoms with Gasteiger partial charge in [0.2, 0.25) is 5.91 Å². The molecule has 0 heterocycles. The molecule has 22 heavy (non-hydrogen) atoms. The Labute approximate surface area is 142 Å². The van der Waals surface area contributed by atoms with Crippen LogP contribution in [0, 0.1) is 3.57 Å². The Kier molecular flexibility index (Phi) is 7.86. The van der Waals surface area contributed by atoms with Crippen molar-refractivity contribution in [3.8, 4) is 0 Å². The molecular weight excluding hydrogens is 401 g/mol. The highest BCUT2D eigenvalue weighted by Gasteiger charge is 2.23. The molecule has 1 atom stereocenters. The Morgan fingerprint density at radius 1 is 1.14 bits per heavy atom. The van der Waals surface area contributed by atoms with Crippen LogP contribution in [0.5, 0.6) is 0 Å². The van der Waals surface area contributed by atoms with Gasteiger partial charge in [0.1, 0.15) is 6.04 Å². The number of carbonyl (C=O) groups is 3. The van der Waals surface area contributed by atoms with E-state index >= 15 is 0 Å². The molecule has 0 fully saturated rings. The van der Waals surface area contributed by atoms with Crippen LogP contribution < -0.4 is 5.32 Å². The molecule has 7 heteroatoms. The van der Waals surface area contributed by atoms with Crippen molar-refractivity contribution in [2.45, 2.75) is 25.3 Å². The number of hydrogen-bond acceptors (Lipinski definition) is 5. The van der Waals surface area contributed by atoms with Crippen molar-refractivity contribution < 1.29 is 23.9 Å². The van der Waals surface area contributed by atoms with E-state index in [0.29, 0.717) is 6.42 Å². The number of benzene rings is 1. The molecule has 0 spiro atoms. The first-order valence-electron chi connectivity index (χ1n) is 6.65. The molecule has 1 aromatic rings. The molecule has 0 aliphatic carbocycles. The van der Waals surface area contributed by atoms with Crippen LogP contribution in [0.15, 0.2) is 24.3 Å². The second kappa shape index (κ2) is 9.39. The summed E-state index contributed by atoms with van der Waals surface area (Å²) in [5, 5.41) is 2.60. The van der Waals surface area contributed by atoms with Gasteiger partial charge >= 0.3 is 11.9 Å². The number of amides is 1. The molecule has 0 aliphatic rings. The minimum atomic E-state index is -0.786. The Balaban J connectivity index is 2.69. The molecule has 0 radical (unpaired) electrons. The zero-order chi connectivity index (χ0) is 16.5. The number of carbonyl (C=O) groups excluding carboxylic acids is 3. The van der Waals surface area contributed by atoms with E-state index < -0.39 is 23.9 Å². The second-order valence-electron chi connectivity index (χ2n) is 4.51. The molecule has 0 saturated heterocycles. The normalized spacial score (nSPS) is 11.4. The van der Waals surface area contributed by atoms with E-state index in [-0.39, 0.29) is 12.8 Å². The largest absolute Gasteiger partial charge is 0.469 e. The van der Waals surface area contributed by atoms with Gasteiger partial charge in [-0.2, -0.15) is 0 Å². The summed E-state index contributed by atoms with van der Waals surface area (Å²) in [6, 6.07) is 6.78. The third kappa shape index (κ3) is 6.00. The molecule has 6 nitrogen and oxygen atoms in total. The summed E-state index contributed by atoms with van der Waals surface area (Å²) in [7, 11) is 2.53. The van der Waals surface area contributed by atoms with Crippen molar-refractivity contribution in [1.29, 1.82) is 0 Å². The summed E-state index contributed by atoms with van der Waals surface area (Å²) in [5.74, 6) is -1.39. The van der Waals surface area contributed by atoms with Gasteiger partial charge < -0.3 is 14.8 Å². The van der Waals surface area contributed by atoms with Gasteiger partial charge in [-0.25, -0.2) is 4.79 Å². The van der Waals surface area contributed by atoms with Crippen molar-refractivity contribution in [3.63, 3.8) is 0 Å². The first kappa shape index (κ1) is 18.4. The van der Waals surface area contributed by atoms with Gasteiger partial charge in [-0.15, -0.1) is 0 Å². The fraction of sp³-hybridized carbons (Fsp3) is 0.400. The smallest absolute Gasteiger partial charge is 0.328 e. The first-order chi connectivity index (χ1) is 10.5. The lowest BCUT2D eigenvalue weighted by Crippen LogP contribution is -2.43. The van der Waals surface area contributed by atoms with Crippen molar-refractivity contribution in [2.75, 3.05) is 14.2 Å². The average molecular weight is 419 g/mol. The molecule has 1 N–H and O–H groups in total. The van der Waals surface area contributed by atoms with Gasteiger partial charge in [0.25, 0.3) is 0 Å². The van der Waals surface area contributed by atoms with Crippen molar-refractivity contribution in [3.05, 3.63) is 33.4 Å². The number of nitrogens with one attached hydrogen (secondary N) is 1. The van der Waals surface area contributed by atoms with E-state index in [0.717, 1.165) is 9.13 Å². The zero-order valence-electron chi connectivity index (χ0n) is 12.4. The number of ether oxygens (including phenoxy) is 2. The molecule has 1 rings (SSSR count). The first-order valence-corrected chi connectivity index (χ1v) is 7.73. The second-order valence-corrected chi connectivity index (χ2v) is 5.68. The summed E-state index contributed by atoms with van der Waals surface area (Å²) >= 11 is 2.17. The molecule has 0 aromatic heterocycles. The highest BCUT2D eigenvalue weighted by molar-refractivity contribution is 14.1. The maximum atomic E-state index is 11.8. The van der Waals surface area contributed by atoms with Gasteiger partial charge in [-0.3, -0.25) is 9.59 Å². The van der Waals surface area contributed by atoms with Crippen LogP contribution in [0.25, 0.3) is 0 Å². The minimum absolute atomic E-state index is 0.0287. The summed E-state index contributed by atoms with van der Waals surface area (Å²) < 4.78 is 10.2. The molecule has 1 amide bonds. The van der Waals surface area contributed by atoms with E-state index in [4.69, 9.17) is 4.74 Å². The number of halogens is 1. The van der Waals surface area contributed by atoms with E-state index in [1.165, 1.54) is 14.2 Å². The summed E-state index contributed by atoms with van der Waals surface area (Å²) in [4.78, 5) is 34.7. The Morgan fingerprint density at radius 2 is 1.82 bits per heavy atom. The number of hydrogen-bond donors (Lipinski definition) is 1. The standard InChI is InChI=1S/C15H18INO5/c1-21-14(19)8-7-13(18)17-12(15(20)22-2)9-10-5-3-4-6-11(10)16/h3-6,12H,7-9H2,1-2H3,(H,17,18)/t12-/m1/s1. The lowest BCUT2D eigenvalue weighted by Gasteiger charge is -2.17. The maximum absolute atomic E-state index is 11.8. The van der Waals surface area contributed by atoms with Gasteiger partial charge in [-0.05, 0) is 34.2 Å². The Hall–Kier alpha value is -1.64. The van der Waals surface area contributed by atoms with Crippen molar-refractivity contribution >= 4 is 40.4 Å². The maximum Gasteiger partial charge on any atom is 0.328 e. The summed E-state index contributed by atoms with van der Waals surface area (Å²) in [6.45, 7) is 0. The van der Waals surface area contributed by atoms with Crippen LogP contribution in [-0.4, -0.2) is 38.1 Å². The zero-order valence-corrected chi connectivity index (χ0v) is 14.6. The van der Waals surface area contributed by atoms with Crippen LogP contribution in [0.3, 0.4) is 0 Å². The van der Waals surface area contributed by atoms with Gasteiger partial charge in [-0.1, -0.05) is 18.2 Å². The Morgan fingerprint density at radius 3 is 2.41 bits per heavy atom. The Bertz CT molecular complexity index is 546. The van der Waals surface area contributed by atoms with Crippen LogP contribution >= 0.6 is 22.6 Å². The van der Waals surface area contributed by atoms with Crippen LogP contribution in [0.4, 0.5) is 0 Å². The van der Waals surface area contributed by atoms with Crippen molar-refractivity contribution in [1.82, 2.24) is 5.32 Å². The van der Waals surface area contributed by atoms with Gasteiger partial charge in [0, 0.05) is 16.4 Å². The van der Waals surface area contributed by atoms with Crippen LogP contribution in [0.2, 0.25) is 0 Å². The third-order valence-electron chi connectivity index (χ3n) is 2.99. The minimum Gasteiger partial charge on any atom is -0.469 e. The lowest BCUT2D eigenvalue weighted by atomic mass is 10.1. The third-order valence-corrected chi connectivity index (χ3v) is 4.04. The molecule has 0 saturated carbocycles. The molecule has 0 aliphatic heterocycles. The highest BCUT2D eigenvalue weighted by Crippen LogP contribution is 2.14. The lowest BCUT2D eigenvalue weighted by molar-refractivity contribution is -0.145. The molecule has 0 unspecified atom stereocenters. The van der Waals surface area contributed by atoms with E-state index in [9.17, 15) is 14.4 Å². The van der Waals surface area contributed by atoms with Gasteiger partial charge in [0.05, 0.1) is 20.6 Å². The van der Waals surface area contributed by atoms with Gasteiger partial charge in [0.15, 0.2) is 0 Å². The monoisotopic (exact) mass is 419 g/mol. The fourth-order valence-electron chi connectivity index (χ4n) is 1.80. The number of rotatable bonds is 7. The predicted octanol–water partition coefficient (Wildman–Crippen LogP) is 1.44. The van der Waals surface area contributed by atoms with E-state index in [1.807, 2.05) is 24.3 Å². The number of methoxy groups -OCH3 is 2. The van der Waals surface area contributed by atoms with Crippen LogP contribution in [0.1, 0.15) is 18.4 Å². The quantitative estimate of drug-likeness (QED) is 0.535. The topological polar surface area (TPSA) is 81.7 Å². The fourth-order valence-corrected chi connectivity index (χ4v) is 2.41. The number of esters is 2. The van der Waals surface area contributed by atoms with Crippen LogP contribution in [-0.2, 0) is 30.3 Å².